The number of benzene rings is 8. The molecule has 0 saturated heterocycles. The van der Waals surface area contributed by atoms with Gasteiger partial charge in [-0.1, -0.05) is 84.9 Å². The Morgan fingerprint density at radius 2 is 0.704 bits per heavy atom. The summed E-state index contributed by atoms with van der Waals surface area (Å²) >= 11 is 0. The molecule has 12 nitrogen and oxygen atoms in total. The van der Waals surface area contributed by atoms with Gasteiger partial charge in [0.1, 0.15) is 11.4 Å². The number of para-hydroxylation sites is 2. The normalized spacial score (nSPS) is 11.3. The lowest BCUT2D eigenvalue weighted by atomic mass is 9.94. The number of phenols is 10. The van der Waals surface area contributed by atoms with Crippen molar-refractivity contribution in [1.82, 2.24) is 0 Å². The van der Waals surface area contributed by atoms with Gasteiger partial charge < -0.3 is 60.9 Å². The van der Waals surface area contributed by atoms with E-state index < -0.39 is 68.9 Å². The summed E-state index contributed by atoms with van der Waals surface area (Å²) in [5.74, 6) is -9.93. The predicted octanol–water partition coefficient (Wildman–Crippen LogP) is 9.14. The molecular formula is C42H30N2O10. The number of hydrogen-bond donors (Lipinski definition) is 10. The first-order valence-corrected chi connectivity index (χ1v) is 16.5. The molecule has 0 saturated carbocycles. The number of anilines is 6. The highest BCUT2D eigenvalue weighted by Crippen LogP contribution is 2.61. The maximum Gasteiger partial charge on any atom is 0.208 e. The minimum atomic E-state index is -1.10. The lowest BCUT2D eigenvalue weighted by molar-refractivity contribution is 0.329. The van der Waals surface area contributed by atoms with Crippen molar-refractivity contribution in [1.29, 1.82) is 0 Å². The van der Waals surface area contributed by atoms with Crippen molar-refractivity contribution < 1.29 is 51.1 Å². The number of rotatable bonds is 6. The van der Waals surface area contributed by atoms with Crippen molar-refractivity contribution in [3.63, 3.8) is 0 Å². The van der Waals surface area contributed by atoms with Crippen molar-refractivity contribution in [3.8, 4) is 57.5 Å². The SMILES string of the molecule is Oc1c(O)c(O)c(N(c2ccccc2)c2cccc3c2ccc2c(N(c4ccccc4)c4c(O)c(O)c(O)c(O)c4O)c4ccccc4cc23)c(O)c1O. The van der Waals surface area contributed by atoms with Crippen LogP contribution in [0.4, 0.5) is 34.1 Å². The van der Waals surface area contributed by atoms with Crippen molar-refractivity contribution in [2.45, 2.75) is 0 Å². The van der Waals surface area contributed by atoms with Crippen LogP contribution in [0, 0.1) is 0 Å². The summed E-state index contributed by atoms with van der Waals surface area (Å²) < 4.78 is 0. The summed E-state index contributed by atoms with van der Waals surface area (Å²) in [5.41, 5.74) is 0.802. The van der Waals surface area contributed by atoms with Crippen molar-refractivity contribution >= 4 is 66.4 Å². The van der Waals surface area contributed by atoms with Crippen molar-refractivity contribution in [2.75, 3.05) is 9.80 Å². The van der Waals surface area contributed by atoms with E-state index in [9.17, 15) is 51.1 Å². The van der Waals surface area contributed by atoms with Crippen LogP contribution in [-0.4, -0.2) is 51.1 Å². The molecule has 0 amide bonds. The smallest absolute Gasteiger partial charge is 0.208 e. The van der Waals surface area contributed by atoms with Gasteiger partial charge in [0, 0.05) is 27.5 Å². The Bertz CT molecular complexity index is 2740. The minimum Gasteiger partial charge on any atom is -0.503 e. The van der Waals surface area contributed by atoms with E-state index in [2.05, 4.69) is 0 Å². The summed E-state index contributed by atoms with van der Waals surface area (Å²) in [6.45, 7) is 0. The lowest BCUT2D eigenvalue weighted by Crippen LogP contribution is -2.12. The highest BCUT2D eigenvalue weighted by atomic mass is 16.4. The van der Waals surface area contributed by atoms with E-state index in [1.807, 2.05) is 36.4 Å². The van der Waals surface area contributed by atoms with Gasteiger partial charge in [-0.25, -0.2) is 0 Å². The molecule has 8 aromatic rings. The first kappa shape index (κ1) is 33.3. The third-order valence-corrected chi connectivity index (χ3v) is 9.48. The van der Waals surface area contributed by atoms with Gasteiger partial charge in [0.15, 0.2) is 23.0 Å². The number of nitrogens with zero attached hydrogens (tertiary/aromatic N) is 2. The van der Waals surface area contributed by atoms with E-state index in [0.717, 1.165) is 0 Å². The van der Waals surface area contributed by atoms with Crippen LogP contribution in [0.2, 0.25) is 0 Å². The van der Waals surface area contributed by atoms with E-state index in [4.69, 9.17) is 0 Å². The van der Waals surface area contributed by atoms with Gasteiger partial charge in [-0.3, -0.25) is 0 Å². The number of phenolic OH excluding ortho intramolecular Hbond substituents is 10. The van der Waals surface area contributed by atoms with Crippen LogP contribution in [-0.2, 0) is 0 Å². The molecule has 8 aromatic carbocycles. The van der Waals surface area contributed by atoms with Crippen LogP contribution >= 0.6 is 0 Å². The molecule has 0 bridgehead atoms. The molecule has 0 spiro atoms. The van der Waals surface area contributed by atoms with Gasteiger partial charge in [-0.05, 0) is 52.6 Å². The van der Waals surface area contributed by atoms with Crippen LogP contribution < -0.4 is 9.80 Å². The molecule has 0 fully saturated rings. The van der Waals surface area contributed by atoms with E-state index >= 15 is 0 Å². The maximum atomic E-state index is 11.3. The first-order chi connectivity index (χ1) is 26.0. The average molecular weight is 723 g/mol. The van der Waals surface area contributed by atoms with Crippen molar-refractivity contribution in [3.05, 3.63) is 121 Å². The fourth-order valence-electron chi connectivity index (χ4n) is 6.98. The third kappa shape index (κ3) is 4.85. The number of hydrogen-bond acceptors (Lipinski definition) is 12. The number of fused-ring (bicyclic) bond motifs is 4. The van der Waals surface area contributed by atoms with Crippen molar-refractivity contribution in [2.24, 2.45) is 0 Å². The largest absolute Gasteiger partial charge is 0.503 e. The predicted molar refractivity (Wildman–Crippen MR) is 205 cm³/mol. The van der Waals surface area contributed by atoms with Gasteiger partial charge in [0.25, 0.3) is 0 Å². The quantitative estimate of drug-likeness (QED) is 0.0337. The van der Waals surface area contributed by atoms with Gasteiger partial charge in [0.05, 0.1) is 11.4 Å². The Hall–Kier alpha value is -7.86. The van der Waals surface area contributed by atoms with E-state index in [0.29, 0.717) is 55.1 Å². The molecule has 8 rings (SSSR count). The zero-order valence-electron chi connectivity index (χ0n) is 27.9. The Morgan fingerprint density at radius 1 is 0.278 bits per heavy atom. The molecule has 0 aromatic heterocycles. The Balaban J connectivity index is 1.50. The van der Waals surface area contributed by atoms with E-state index in [-0.39, 0.29) is 0 Å². The minimum absolute atomic E-state index is 0.383. The van der Waals surface area contributed by atoms with Crippen LogP contribution in [0.5, 0.6) is 57.5 Å². The van der Waals surface area contributed by atoms with E-state index in [1.165, 1.54) is 9.80 Å². The maximum absolute atomic E-state index is 11.3. The molecule has 268 valence electrons. The number of aromatic hydroxyl groups is 10. The van der Waals surface area contributed by atoms with Gasteiger partial charge >= 0.3 is 0 Å². The summed E-state index contributed by atoms with van der Waals surface area (Å²) in [7, 11) is 0. The fourth-order valence-corrected chi connectivity index (χ4v) is 6.98. The molecule has 54 heavy (non-hydrogen) atoms. The van der Waals surface area contributed by atoms with Gasteiger partial charge in [-0.15, -0.1) is 0 Å². The molecule has 10 N–H and O–H groups in total. The second-order valence-corrected chi connectivity index (χ2v) is 12.5. The summed E-state index contributed by atoms with van der Waals surface area (Å²) in [6, 6.07) is 35.3. The molecule has 0 radical (unpaired) electrons. The average Bonchev–Trinajstić information content (AvgIpc) is 3.20. The second-order valence-electron chi connectivity index (χ2n) is 12.5. The van der Waals surface area contributed by atoms with Gasteiger partial charge in [-0.2, -0.15) is 0 Å². The monoisotopic (exact) mass is 722 g/mol. The molecule has 0 heterocycles. The second kappa shape index (κ2) is 12.4. The highest BCUT2D eigenvalue weighted by Gasteiger charge is 2.32. The fraction of sp³-hybridized carbons (Fsp3) is 0. The molecular weight excluding hydrogens is 692 g/mol. The van der Waals surface area contributed by atoms with Crippen LogP contribution in [0.3, 0.4) is 0 Å². The molecule has 0 atom stereocenters. The first-order valence-electron chi connectivity index (χ1n) is 16.5. The van der Waals surface area contributed by atoms with Crippen LogP contribution in [0.15, 0.2) is 121 Å². The van der Waals surface area contributed by atoms with E-state index in [1.54, 1.807) is 84.9 Å². The topological polar surface area (TPSA) is 209 Å². The standard InChI is InChI=1S/C42H30N2O10/c45-33-31(34(46)38(50)41(53)37(33)49)43(22-11-3-1-4-12-22)29-17-9-16-25-26(29)18-19-27-28(25)20-21-10-7-8-15-24(21)30(27)44(23-13-5-2-6-14-23)32-35(47)39(51)42(54)40(52)36(32)48/h1-20,45-54H. The molecule has 0 aliphatic heterocycles. The van der Waals surface area contributed by atoms with Gasteiger partial charge in [0.2, 0.25) is 34.5 Å². The Labute approximate surface area is 305 Å². The van der Waals surface area contributed by atoms with Crippen LogP contribution in [0.25, 0.3) is 32.3 Å². The zero-order valence-corrected chi connectivity index (χ0v) is 27.9. The molecule has 0 aliphatic carbocycles. The summed E-state index contributed by atoms with van der Waals surface area (Å²) in [6.07, 6.45) is 0. The summed E-state index contributed by atoms with van der Waals surface area (Å²) in [4.78, 5) is 2.90. The summed E-state index contributed by atoms with van der Waals surface area (Å²) in [5, 5.41) is 112. The Morgan fingerprint density at radius 3 is 1.26 bits per heavy atom. The highest BCUT2D eigenvalue weighted by molar-refractivity contribution is 6.23. The molecule has 12 heteroatoms. The lowest BCUT2D eigenvalue weighted by Gasteiger charge is -2.31. The third-order valence-electron chi connectivity index (χ3n) is 9.48. The zero-order chi connectivity index (χ0) is 38.0. The molecule has 0 unspecified atom stereocenters. The van der Waals surface area contributed by atoms with Crippen LogP contribution in [0.1, 0.15) is 0 Å². The molecule has 0 aliphatic rings. The Kier molecular flexibility index (Phi) is 7.66.